The summed E-state index contributed by atoms with van der Waals surface area (Å²) in [5.74, 6) is 0.107. The van der Waals surface area contributed by atoms with Gasteiger partial charge >= 0.3 is 5.97 Å². The number of aryl methyl sites for hydroxylation is 1. The summed E-state index contributed by atoms with van der Waals surface area (Å²) in [4.78, 5) is 11.3. The third-order valence-corrected chi connectivity index (χ3v) is 4.33. The Bertz CT molecular complexity index is 854. The third kappa shape index (κ3) is 5.34. The van der Waals surface area contributed by atoms with Crippen molar-refractivity contribution in [2.24, 2.45) is 0 Å². The molecule has 0 unspecified atom stereocenters. The van der Waals surface area contributed by atoms with Crippen LogP contribution in [-0.4, -0.2) is 32.9 Å². The summed E-state index contributed by atoms with van der Waals surface area (Å²) in [6.45, 7) is 1.23. The van der Waals surface area contributed by atoms with Gasteiger partial charge in [-0.2, -0.15) is 0 Å². The zero-order valence-corrected chi connectivity index (χ0v) is 15.5. The van der Waals surface area contributed by atoms with Crippen LogP contribution in [0.2, 0.25) is 0 Å². The van der Waals surface area contributed by atoms with Crippen molar-refractivity contribution in [1.29, 1.82) is 0 Å². The van der Waals surface area contributed by atoms with Gasteiger partial charge in [0, 0.05) is 17.6 Å². The fourth-order valence-corrected chi connectivity index (χ4v) is 2.89. The molecule has 142 valence electrons. The molecule has 1 aromatic heterocycles. The molecular weight excluding hydrogens is 344 g/mol. The lowest BCUT2D eigenvalue weighted by Crippen LogP contribution is -2.12. The molecule has 0 amide bonds. The summed E-state index contributed by atoms with van der Waals surface area (Å²) in [5, 5.41) is 0.977. The quantitative estimate of drug-likeness (QED) is 0.397. The van der Waals surface area contributed by atoms with Crippen LogP contribution >= 0.6 is 0 Å². The van der Waals surface area contributed by atoms with Gasteiger partial charge in [-0.3, -0.25) is 0 Å². The second kappa shape index (κ2) is 9.78. The van der Waals surface area contributed by atoms with E-state index in [2.05, 4.69) is 29.0 Å². The predicted molar refractivity (Wildman–Crippen MR) is 103 cm³/mol. The number of carbonyl (C=O) groups is 1. The number of rotatable bonds is 10. The Labute approximate surface area is 158 Å². The van der Waals surface area contributed by atoms with Crippen LogP contribution in [-0.2, 0) is 27.1 Å². The lowest BCUT2D eigenvalue weighted by Gasteiger charge is -2.06. The van der Waals surface area contributed by atoms with E-state index in [-0.39, 0.29) is 6.61 Å². The lowest BCUT2D eigenvalue weighted by molar-refractivity contribution is -0.142. The molecule has 0 fully saturated rings. The van der Waals surface area contributed by atoms with Gasteiger partial charge < -0.3 is 18.6 Å². The van der Waals surface area contributed by atoms with E-state index in [0.29, 0.717) is 17.9 Å². The van der Waals surface area contributed by atoms with Gasteiger partial charge in [-0.15, -0.1) is 0 Å². The fraction of sp³-hybridized carbons (Fsp3) is 0.318. The number of hydrogen-bond donors (Lipinski definition) is 0. The maximum Gasteiger partial charge on any atom is 0.343 e. The van der Waals surface area contributed by atoms with Gasteiger partial charge in [0.15, 0.2) is 17.9 Å². The number of hydrogen-bond acceptors (Lipinski definition) is 5. The van der Waals surface area contributed by atoms with E-state index in [1.807, 2.05) is 18.2 Å². The molecule has 3 aromatic rings. The summed E-state index contributed by atoms with van der Waals surface area (Å²) in [6, 6.07) is 16.1. The molecule has 0 saturated heterocycles. The Morgan fingerprint density at radius 1 is 1.00 bits per heavy atom. The van der Waals surface area contributed by atoms with Gasteiger partial charge in [-0.05, 0) is 30.9 Å². The van der Waals surface area contributed by atoms with Crippen LogP contribution in [0.15, 0.2) is 59.2 Å². The van der Waals surface area contributed by atoms with E-state index in [9.17, 15) is 4.79 Å². The van der Waals surface area contributed by atoms with Crippen molar-refractivity contribution in [1.82, 2.24) is 0 Å². The van der Waals surface area contributed by atoms with Crippen LogP contribution in [0, 0.1) is 0 Å². The number of para-hydroxylation sites is 1. The number of esters is 1. The average Bonchev–Trinajstić information content (AvgIpc) is 3.13. The van der Waals surface area contributed by atoms with E-state index in [1.165, 1.54) is 12.7 Å². The van der Waals surface area contributed by atoms with Gasteiger partial charge in [0.05, 0.1) is 20.0 Å². The monoisotopic (exact) mass is 368 g/mol. The summed E-state index contributed by atoms with van der Waals surface area (Å²) >= 11 is 0. The van der Waals surface area contributed by atoms with Crippen LogP contribution in [0.5, 0.6) is 5.75 Å². The number of furan rings is 1. The Morgan fingerprint density at radius 3 is 2.67 bits per heavy atom. The smallest absolute Gasteiger partial charge is 0.343 e. The minimum absolute atomic E-state index is 0.143. The highest BCUT2D eigenvalue weighted by Crippen LogP contribution is 2.30. The van der Waals surface area contributed by atoms with Crippen molar-refractivity contribution in [3.63, 3.8) is 0 Å². The maximum atomic E-state index is 11.3. The molecule has 27 heavy (non-hydrogen) atoms. The van der Waals surface area contributed by atoms with Crippen LogP contribution < -0.4 is 4.74 Å². The van der Waals surface area contributed by atoms with E-state index in [0.717, 1.165) is 36.8 Å². The van der Waals surface area contributed by atoms with Gasteiger partial charge in [-0.25, -0.2) is 4.79 Å². The van der Waals surface area contributed by atoms with Crippen LogP contribution in [0.25, 0.3) is 11.0 Å². The van der Waals surface area contributed by atoms with Gasteiger partial charge in [-0.1, -0.05) is 42.5 Å². The second-order valence-corrected chi connectivity index (χ2v) is 6.21. The fourth-order valence-electron chi connectivity index (χ4n) is 2.89. The lowest BCUT2D eigenvalue weighted by atomic mass is 10.1. The molecule has 0 aliphatic heterocycles. The number of fused-ring (bicyclic) bond motifs is 1. The molecule has 0 saturated carbocycles. The van der Waals surface area contributed by atoms with Crippen LogP contribution in [0.4, 0.5) is 0 Å². The average molecular weight is 368 g/mol. The van der Waals surface area contributed by atoms with Crippen molar-refractivity contribution in [2.75, 3.05) is 26.9 Å². The van der Waals surface area contributed by atoms with Gasteiger partial charge in [0.1, 0.15) is 0 Å². The zero-order valence-electron chi connectivity index (χ0n) is 15.5. The third-order valence-electron chi connectivity index (χ3n) is 4.33. The molecular formula is C22H24O5. The minimum atomic E-state index is -0.428. The van der Waals surface area contributed by atoms with E-state index in [1.54, 1.807) is 12.3 Å². The first-order valence-electron chi connectivity index (χ1n) is 9.08. The van der Waals surface area contributed by atoms with E-state index >= 15 is 0 Å². The Morgan fingerprint density at radius 2 is 1.85 bits per heavy atom. The van der Waals surface area contributed by atoms with Crippen LogP contribution in [0.3, 0.4) is 0 Å². The molecule has 0 spiro atoms. The van der Waals surface area contributed by atoms with Gasteiger partial charge in [0.25, 0.3) is 0 Å². The number of methoxy groups -OCH3 is 1. The summed E-state index contributed by atoms with van der Waals surface area (Å²) < 4.78 is 21.5. The molecule has 0 N–H and O–H groups in total. The minimum Gasteiger partial charge on any atom is -0.478 e. The SMILES string of the molecule is COC(=O)COc1cccc2c(CCOCCCc3ccccc3)coc12. The molecule has 0 bridgehead atoms. The Balaban J connectivity index is 1.47. The molecule has 2 aromatic carbocycles. The number of ether oxygens (including phenoxy) is 3. The Kier molecular flexibility index (Phi) is 6.88. The zero-order chi connectivity index (χ0) is 18.9. The Hall–Kier alpha value is -2.79. The second-order valence-electron chi connectivity index (χ2n) is 6.21. The normalized spacial score (nSPS) is 10.9. The molecule has 5 nitrogen and oxygen atoms in total. The largest absolute Gasteiger partial charge is 0.478 e. The molecule has 5 heteroatoms. The first-order valence-corrected chi connectivity index (χ1v) is 9.08. The van der Waals surface area contributed by atoms with Crippen molar-refractivity contribution in [3.05, 3.63) is 65.9 Å². The molecule has 0 aliphatic rings. The summed E-state index contributed by atoms with van der Waals surface area (Å²) in [7, 11) is 1.33. The van der Waals surface area contributed by atoms with E-state index < -0.39 is 5.97 Å². The van der Waals surface area contributed by atoms with Crippen LogP contribution in [0.1, 0.15) is 17.5 Å². The first kappa shape index (κ1) is 19.0. The topological polar surface area (TPSA) is 57.9 Å². The maximum absolute atomic E-state index is 11.3. The number of carbonyl (C=O) groups excluding carboxylic acids is 1. The van der Waals surface area contributed by atoms with Crippen molar-refractivity contribution >= 4 is 16.9 Å². The summed E-state index contributed by atoms with van der Waals surface area (Å²) in [6.07, 6.45) is 4.51. The standard InChI is InChI=1S/C22H24O5/c1-24-21(23)16-26-20-11-5-10-19-18(15-27-22(19)20)12-14-25-13-6-9-17-7-3-2-4-8-17/h2-5,7-8,10-11,15H,6,9,12-14,16H2,1H3. The molecule has 3 rings (SSSR count). The molecule has 0 radical (unpaired) electrons. The van der Waals surface area contributed by atoms with Crippen molar-refractivity contribution in [3.8, 4) is 5.75 Å². The molecule has 0 aliphatic carbocycles. The van der Waals surface area contributed by atoms with Crippen molar-refractivity contribution < 1.29 is 23.4 Å². The molecule has 1 heterocycles. The van der Waals surface area contributed by atoms with E-state index in [4.69, 9.17) is 13.9 Å². The number of benzene rings is 2. The highest BCUT2D eigenvalue weighted by atomic mass is 16.6. The first-order chi connectivity index (χ1) is 13.3. The summed E-state index contributed by atoms with van der Waals surface area (Å²) in [5.41, 5.74) is 3.04. The van der Waals surface area contributed by atoms with Gasteiger partial charge in [0.2, 0.25) is 0 Å². The predicted octanol–water partition coefficient (Wildman–Crippen LogP) is 4.18. The highest BCUT2D eigenvalue weighted by molar-refractivity contribution is 5.86. The highest BCUT2D eigenvalue weighted by Gasteiger charge is 2.12. The van der Waals surface area contributed by atoms with Crippen molar-refractivity contribution in [2.45, 2.75) is 19.3 Å². The molecule has 0 atom stereocenters.